The number of carbonyl (C=O) groups excluding carboxylic acids is 1. The Bertz CT molecular complexity index is 459. The molecule has 16 heavy (non-hydrogen) atoms. The number of hydrogen-bond donors (Lipinski definition) is 2. The van der Waals surface area contributed by atoms with Crippen molar-refractivity contribution in [3.8, 4) is 0 Å². The number of nitrogens with one attached hydrogen (secondary N) is 2. The molecule has 84 valence electrons. The van der Waals surface area contributed by atoms with Crippen molar-refractivity contribution < 1.29 is 9.21 Å². The van der Waals surface area contributed by atoms with Crippen molar-refractivity contribution in [1.29, 1.82) is 0 Å². The molecule has 0 bridgehead atoms. The van der Waals surface area contributed by atoms with Gasteiger partial charge in [0.1, 0.15) is 11.6 Å². The van der Waals surface area contributed by atoms with Crippen LogP contribution < -0.4 is 5.32 Å². The number of carbonyl (C=O) groups is 1. The summed E-state index contributed by atoms with van der Waals surface area (Å²) in [7, 11) is 0. The maximum absolute atomic E-state index is 11.6. The minimum absolute atomic E-state index is 0.226. The first-order valence-electron chi connectivity index (χ1n) is 5.14. The lowest BCUT2D eigenvalue weighted by molar-refractivity contribution is 0.0920. The molecule has 0 spiro atoms. The van der Waals surface area contributed by atoms with Crippen molar-refractivity contribution in [3.05, 3.63) is 41.9 Å². The Morgan fingerprint density at radius 1 is 1.56 bits per heavy atom. The zero-order valence-electron chi connectivity index (χ0n) is 8.99. The average molecular weight is 219 g/mol. The van der Waals surface area contributed by atoms with E-state index in [2.05, 4.69) is 15.3 Å². The number of imidazole rings is 1. The van der Waals surface area contributed by atoms with Crippen molar-refractivity contribution in [2.45, 2.75) is 19.9 Å². The van der Waals surface area contributed by atoms with Crippen LogP contribution in [0.4, 0.5) is 0 Å². The van der Waals surface area contributed by atoms with Gasteiger partial charge in [0.2, 0.25) is 0 Å². The number of aromatic amines is 1. The number of nitrogens with zero attached hydrogens (tertiary/aromatic N) is 1. The van der Waals surface area contributed by atoms with Gasteiger partial charge in [-0.1, -0.05) is 6.92 Å². The number of aryl methyl sites for hydroxylation is 1. The van der Waals surface area contributed by atoms with Crippen molar-refractivity contribution in [2.24, 2.45) is 0 Å². The standard InChI is InChI=1S/C11H13N3O2/c1-2-8-3-4-9(16-8)11(15)14-7-10-12-5-6-13-10/h3-6H,2,7H2,1H3,(H,12,13)(H,14,15). The fourth-order valence-corrected chi connectivity index (χ4v) is 1.34. The lowest BCUT2D eigenvalue weighted by Gasteiger charge is -1.99. The highest BCUT2D eigenvalue weighted by Crippen LogP contribution is 2.08. The molecule has 0 atom stereocenters. The van der Waals surface area contributed by atoms with E-state index in [1.807, 2.05) is 13.0 Å². The molecule has 0 aliphatic rings. The summed E-state index contributed by atoms with van der Waals surface area (Å²) in [6.45, 7) is 2.34. The summed E-state index contributed by atoms with van der Waals surface area (Å²) in [4.78, 5) is 18.5. The van der Waals surface area contributed by atoms with Gasteiger partial charge in [-0.15, -0.1) is 0 Å². The predicted octanol–water partition coefficient (Wildman–Crippen LogP) is 1.50. The largest absolute Gasteiger partial charge is 0.456 e. The van der Waals surface area contributed by atoms with Crippen LogP contribution >= 0.6 is 0 Å². The molecule has 0 saturated carbocycles. The molecule has 5 nitrogen and oxygen atoms in total. The van der Waals surface area contributed by atoms with Gasteiger partial charge in [-0.05, 0) is 12.1 Å². The van der Waals surface area contributed by atoms with E-state index >= 15 is 0 Å². The quantitative estimate of drug-likeness (QED) is 0.818. The number of amides is 1. The number of rotatable bonds is 4. The molecule has 0 radical (unpaired) electrons. The zero-order valence-corrected chi connectivity index (χ0v) is 8.99. The second-order valence-electron chi connectivity index (χ2n) is 3.34. The Balaban J connectivity index is 1.93. The molecule has 0 saturated heterocycles. The van der Waals surface area contributed by atoms with Crippen molar-refractivity contribution >= 4 is 5.91 Å². The van der Waals surface area contributed by atoms with Crippen LogP contribution in [0.1, 0.15) is 29.1 Å². The van der Waals surface area contributed by atoms with Crippen LogP contribution in [-0.2, 0) is 13.0 Å². The van der Waals surface area contributed by atoms with Gasteiger partial charge in [0.25, 0.3) is 5.91 Å². The van der Waals surface area contributed by atoms with Gasteiger partial charge >= 0.3 is 0 Å². The number of aromatic nitrogens is 2. The van der Waals surface area contributed by atoms with E-state index in [4.69, 9.17) is 4.42 Å². The molecule has 0 aliphatic carbocycles. The monoisotopic (exact) mass is 219 g/mol. The minimum Gasteiger partial charge on any atom is -0.456 e. The molecule has 0 unspecified atom stereocenters. The highest BCUT2D eigenvalue weighted by molar-refractivity contribution is 5.91. The van der Waals surface area contributed by atoms with Crippen LogP contribution in [0.3, 0.4) is 0 Å². The number of furan rings is 1. The SMILES string of the molecule is CCc1ccc(C(=O)NCc2ncc[nH]2)o1. The lowest BCUT2D eigenvalue weighted by atomic mass is 10.3. The Morgan fingerprint density at radius 2 is 2.44 bits per heavy atom. The summed E-state index contributed by atoms with van der Waals surface area (Å²) >= 11 is 0. The number of H-pyrrole nitrogens is 1. The molecule has 2 rings (SSSR count). The van der Waals surface area contributed by atoms with E-state index in [9.17, 15) is 4.79 Å². The topological polar surface area (TPSA) is 70.9 Å². The molecule has 5 heteroatoms. The third kappa shape index (κ3) is 2.31. The van der Waals surface area contributed by atoms with Gasteiger partial charge < -0.3 is 14.7 Å². The molecule has 2 aromatic rings. The molecule has 2 N–H and O–H groups in total. The van der Waals surface area contributed by atoms with Crippen LogP contribution in [0, 0.1) is 0 Å². The highest BCUT2D eigenvalue weighted by Gasteiger charge is 2.10. The van der Waals surface area contributed by atoms with Gasteiger partial charge in [0, 0.05) is 18.8 Å². The van der Waals surface area contributed by atoms with E-state index in [1.165, 1.54) is 0 Å². The predicted molar refractivity (Wildman–Crippen MR) is 57.8 cm³/mol. The summed E-state index contributed by atoms with van der Waals surface area (Å²) in [5.41, 5.74) is 0. The maximum atomic E-state index is 11.6. The fourth-order valence-electron chi connectivity index (χ4n) is 1.34. The highest BCUT2D eigenvalue weighted by atomic mass is 16.3. The third-order valence-electron chi connectivity index (χ3n) is 2.21. The molecule has 2 aromatic heterocycles. The van der Waals surface area contributed by atoms with Gasteiger partial charge in [-0.3, -0.25) is 4.79 Å². The average Bonchev–Trinajstić information content (AvgIpc) is 2.96. The fraction of sp³-hybridized carbons (Fsp3) is 0.273. The van der Waals surface area contributed by atoms with Crippen LogP contribution in [0.5, 0.6) is 0 Å². The van der Waals surface area contributed by atoms with E-state index < -0.39 is 0 Å². The van der Waals surface area contributed by atoms with Gasteiger partial charge in [0.15, 0.2) is 5.76 Å². The third-order valence-corrected chi connectivity index (χ3v) is 2.21. The van der Waals surface area contributed by atoms with Crippen LogP contribution in [0.2, 0.25) is 0 Å². The Hall–Kier alpha value is -2.04. The lowest BCUT2D eigenvalue weighted by Crippen LogP contribution is -2.22. The van der Waals surface area contributed by atoms with Crippen molar-refractivity contribution in [3.63, 3.8) is 0 Å². The summed E-state index contributed by atoms with van der Waals surface area (Å²) in [6, 6.07) is 3.48. The van der Waals surface area contributed by atoms with Gasteiger partial charge in [-0.25, -0.2) is 4.98 Å². The van der Waals surface area contributed by atoms with Crippen LogP contribution in [0.25, 0.3) is 0 Å². The van der Waals surface area contributed by atoms with Crippen LogP contribution in [-0.4, -0.2) is 15.9 Å². The Morgan fingerprint density at radius 3 is 3.06 bits per heavy atom. The van der Waals surface area contributed by atoms with E-state index in [0.717, 1.165) is 18.0 Å². The van der Waals surface area contributed by atoms with Gasteiger partial charge in [0.05, 0.1) is 6.54 Å². The molecule has 0 aromatic carbocycles. The Kier molecular flexibility index (Phi) is 3.05. The molecule has 2 heterocycles. The van der Waals surface area contributed by atoms with E-state index in [-0.39, 0.29) is 5.91 Å². The van der Waals surface area contributed by atoms with Gasteiger partial charge in [-0.2, -0.15) is 0 Å². The smallest absolute Gasteiger partial charge is 0.287 e. The zero-order chi connectivity index (χ0) is 11.4. The van der Waals surface area contributed by atoms with E-state index in [1.54, 1.807) is 18.5 Å². The normalized spacial score (nSPS) is 10.3. The molecule has 1 amide bonds. The molecular formula is C11H13N3O2. The van der Waals surface area contributed by atoms with E-state index in [0.29, 0.717) is 12.3 Å². The Labute approximate surface area is 92.9 Å². The number of hydrogen-bond acceptors (Lipinski definition) is 3. The second-order valence-corrected chi connectivity index (χ2v) is 3.34. The minimum atomic E-state index is -0.226. The first kappa shape index (κ1) is 10.5. The van der Waals surface area contributed by atoms with Crippen LogP contribution in [0.15, 0.2) is 28.9 Å². The summed E-state index contributed by atoms with van der Waals surface area (Å²) in [6.07, 6.45) is 4.14. The summed E-state index contributed by atoms with van der Waals surface area (Å²) < 4.78 is 5.32. The van der Waals surface area contributed by atoms with Crippen molar-refractivity contribution in [1.82, 2.24) is 15.3 Å². The summed E-state index contributed by atoms with van der Waals surface area (Å²) in [5, 5.41) is 2.71. The second kappa shape index (κ2) is 4.65. The maximum Gasteiger partial charge on any atom is 0.287 e. The first-order chi connectivity index (χ1) is 7.79. The summed E-state index contributed by atoms with van der Waals surface area (Å²) in [5.74, 6) is 1.64. The molecular weight excluding hydrogens is 206 g/mol. The van der Waals surface area contributed by atoms with Crippen molar-refractivity contribution in [2.75, 3.05) is 0 Å². The molecule has 0 fully saturated rings. The molecule has 0 aliphatic heterocycles. The first-order valence-corrected chi connectivity index (χ1v) is 5.14.